The molecule has 0 fully saturated rings. The smallest absolute Gasteiger partial charge is 0.271 e. The van der Waals surface area contributed by atoms with E-state index in [1.165, 1.54) is 0 Å². The van der Waals surface area contributed by atoms with Gasteiger partial charge in [0.1, 0.15) is 11.5 Å². The molecule has 0 aliphatic carbocycles. The molecule has 0 unspecified atom stereocenters. The summed E-state index contributed by atoms with van der Waals surface area (Å²) in [5, 5.41) is 13.1. The number of nitrogens with zero attached hydrogens (tertiary/aromatic N) is 2. The molecule has 2 N–H and O–H groups in total. The van der Waals surface area contributed by atoms with Gasteiger partial charge in [-0.3, -0.25) is 9.36 Å². The number of amides is 1. The Morgan fingerprint density at radius 1 is 1.00 bits per heavy atom. The number of sulfone groups is 1. The monoisotopic (exact) mass is 557 g/mol. The summed E-state index contributed by atoms with van der Waals surface area (Å²) in [5.74, 6) is -0.0530. The maximum absolute atomic E-state index is 13.0. The fourth-order valence-electron chi connectivity index (χ4n) is 3.70. The first-order chi connectivity index (χ1) is 17.4. The Morgan fingerprint density at radius 2 is 1.70 bits per heavy atom. The molecule has 192 valence electrons. The molecule has 1 heterocycles. The zero-order chi connectivity index (χ0) is 27.0. The molecule has 37 heavy (non-hydrogen) atoms. The van der Waals surface area contributed by atoms with Crippen LogP contribution < -0.4 is 5.32 Å². The number of rotatable bonds is 7. The van der Waals surface area contributed by atoms with Crippen molar-refractivity contribution < 1.29 is 18.3 Å². The van der Waals surface area contributed by atoms with Crippen LogP contribution in [0.4, 0.5) is 0 Å². The highest BCUT2D eigenvalue weighted by atomic mass is 35.5. The van der Waals surface area contributed by atoms with Gasteiger partial charge in [0.15, 0.2) is 9.84 Å². The number of aliphatic hydroxyl groups is 1. The van der Waals surface area contributed by atoms with Crippen LogP contribution in [0.3, 0.4) is 0 Å². The molecule has 4 aromatic rings. The van der Waals surface area contributed by atoms with Gasteiger partial charge in [0.25, 0.3) is 5.91 Å². The van der Waals surface area contributed by atoms with Crippen LogP contribution in [0.25, 0.3) is 28.2 Å². The van der Waals surface area contributed by atoms with Crippen LogP contribution in [0.5, 0.6) is 0 Å². The minimum atomic E-state index is -3.37. The van der Waals surface area contributed by atoms with Gasteiger partial charge >= 0.3 is 0 Å². The Kier molecular flexibility index (Phi) is 7.48. The normalized spacial score (nSPS) is 11.9. The van der Waals surface area contributed by atoms with Gasteiger partial charge in [0.2, 0.25) is 0 Å². The molecule has 0 radical (unpaired) electrons. The molecule has 1 aromatic heterocycles. The van der Waals surface area contributed by atoms with Crippen LogP contribution in [-0.4, -0.2) is 47.4 Å². The average Bonchev–Trinajstić information content (AvgIpc) is 3.29. The van der Waals surface area contributed by atoms with Crippen LogP contribution in [0.15, 0.2) is 77.8 Å². The van der Waals surface area contributed by atoms with E-state index in [1.807, 2.05) is 12.1 Å². The van der Waals surface area contributed by atoms with Crippen molar-refractivity contribution in [3.8, 4) is 28.2 Å². The van der Waals surface area contributed by atoms with Gasteiger partial charge in [-0.05, 0) is 61.4 Å². The summed E-state index contributed by atoms with van der Waals surface area (Å²) in [5.41, 5.74) is 1.85. The molecule has 0 aliphatic rings. The fourth-order valence-corrected chi connectivity index (χ4v) is 4.86. The number of benzene rings is 3. The van der Waals surface area contributed by atoms with E-state index in [2.05, 4.69) is 10.3 Å². The highest BCUT2D eigenvalue weighted by Gasteiger charge is 2.24. The first-order valence-electron chi connectivity index (χ1n) is 11.3. The lowest BCUT2D eigenvalue weighted by Crippen LogP contribution is -2.46. The van der Waals surface area contributed by atoms with E-state index in [-0.39, 0.29) is 17.2 Å². The van der Waals surface area contributed by atoms with Crippen LogP contribution in [0.1, 0.15) is 24.3 Å². The van der Waals surface area contributed by atoms with Gasteiger partial charge in [-0.25, -0.2) is 13.4 Å². The third-order valence-corrected chi connectivity index (χ3v) is 7.45. The number of hydrogen-bond acceptors (Lipinski definition) is 5. The van der Waals surface area contributed by atoms with E-state index in [0.29, 0.717) is 32.7 Å². The maximum atomic E-state index is 13.0. The molecule has 0 aliphatic heterocycles. The van der Waals surface area contributed by atoms with Crippen molar-refractivity contribution in [2.24, 2.45) is 0 Å². The van der Waals surface area contributed by atoms with Gasteiger partial charge < -0.3 is 10.4 Å². The van der Waals surface area contributed by atoms with E-state index in [4.69, 9.17) is 23.2 Å². The van der Waals surface area contributed by atoms with E-state index >= 15 is 0 Å². The number of nitrogens with one attached hydrogen (secondary N) is 1. The number of halogens is 2. The summed E-state index contributed by atoms with van der Waals surface area (Å²) in [7, 11) is -3.37. The zero-order valence-electron chi connectivity index (χ0n) is 20.4. The molecular weight excluding hydrogens is 533 g/mol. The molecule has 0 bridgehead atoms. The number of aliphatic hydroxyl groups excluding tert-OH is 1. The standard InChI is InChI=1S/C27H25Cl2N3O4S/c1-27(2,16-33)31-26(34)23-15-32(25(30-23)20-9-4-5-10-21(20)28)24-12-11-18(14-22(24)29)17-7-6-8-19(13-17)37(3,35)36/h4-15,33H,16H2,1-3H3,(H,31,34). The second-order valence-electron chi connectivity index (χ2n) is 9.26. The van der Waals surface area contributed by atoms with Crippen molar-refractivity contribution in [3.63, 3.8) is 0 Å². The fraction of sp³-hybridized carbons (Fsp3) is 0.185. The summed E-state index contributed by atoms with van der Waals surface area (Å²) in [6.45, 7) is 3.15. The molecule has 10 heteroatoms. The Labute approximate surface area is 225 Å². The second-order valence-corrected chi connectivity index (χ2v) is 12.1. The third-order valence-electron chi connectivity index (χ3n) is 5.70. The van der Waals surface area contributed by atoms with Crippen molar-refractivity contribution in [1.82, 2.24) is 14.9 Å². The topological polar surface area (TPSA) is 101 Å². The Morgan fingerprint density at radius 3 is 2.35 bits per heavy atom. The van der Waals surface area contributed by atoms with E-state index in [0.717, 1.165) is 11.8 Å². The number of carbonyl (C=O) groups excluding carboxylic acids is 1. The second kappa shape index (κ2) is 10.3. The zero-order valence-corrected chi connectivity index (χ0v) is 22.7. The minimum Gasteiger partial charge on any atom is -0.394 e. The predicted molar refractivity (Wildman–Crippen MR) is 146 cm³/mol. The lowest BCUT2D eigenvalue weighted by Gasteiger charge is -2.22. The minimum absolute atomic E-state index is 0.123. The van der Waals surface area contributed by atoms with Gasteiger partial charge in [0, 0.05) is 18.0 Å². The molecule has 0 saturated heterocycles. The first-order valence-corrected chi connectivity index (χ1v) is 13.9. The number of imidazole rings is 1. The lowest BCUT2D eigenvalue weighted by atomic mass is 10.1. The Balaban J connectivity index is 1.82. The maximum Gasteiger partial charge on any atom is 0.271 e. The van der Waals surface area contributed by atoms with Gasteiger partial charge in [-0.1, -0.05) is 53.5 Å². The van der Waals surface area contributed by atoms with Crippen molar-refractivity contribution in [2.45, 2.75) is 24.3 Å². The van der Waals surface area contributed by atoms with E-state index in [9.17, 15) is 18.3 Å². The highest BCUT2D eigenvalue weighted by molar-refractivity contribution is 7.90. The van der Waals surface area contributed by atoms with Gasteiger partial charge in [0.05, 0.1) is 32.8 Å². The summed E-state index contributed by atoms with van der Waals surface area (Å²) >= 11 is 13.2. The Bertz CT molecular complexity index is 1600. The molecule has 4 rings (SSSR count). The number of carbonyl (C=O) groups is 1. The largest absolute Gasteiger partial charge is 0.394 e. The summed E-state index contributed by atoms with van der Waals surface area (Å²) in [4.78, 5) is 17.7. The quantitative estimate of drug-likeness (QED) is 0.316. The van der Waals surface area contributed by atoms with Crippen LogP contribution in [0, 0.1) is 0 Å². The average molecular weight is 558 g/mol. The third kappa shape index (κ3) is 5.88. The van der Waals surface area contributed by atoms with Crippen molar-refractivity contribution in [1.29, 1.82) is 0 Å². The molecule has 7 nitrogen and oxygen atoms in total. The number of hydrogen-bond donors (Lipinski definition) is 2. The van der Waals surface area contributed by atoms with E-state index in [1.54, 1.807) is 79.2 Å². The molecule has 3 aromatic carbocycles. The van der Waals surface area contributed by atoms with Crippen LogP contribution in [-0.2, 0) is 9.84 Å². The highest BCUT2D eigenvalue weighted by Crippen LogP contribution is 2.34. The van der Waals surface area contributed by atoms with Crippen molar-refractivity contribution in [2.75, 3.05) is 12.9 Å². The summed E-state index contributed by atoms with van der Waals surface area (Å²) < 4.78 is 25.7. The first kappa shape index (κ1) is 26.9. The lowest BCUT2D eigenvalue weighted by molar-refractivity contribution is 0.0864. The number of aromatic nitrogens is 2. The van der Waals surface area contributed by atoms with Crippen LogP contribution >= 0.6 is 23.2 Å². The van der Waals surface area contributed by atoms with Crippen molar-refractivity contribution in [3.05, 3.63) is 88.7 Å². The molecule has 0 saturated carbocycles. The molecular formula is C27H25Cl2N3O4S. The molecule has 0 atom stereocenters. The van der Waals surface area contributed by atoms with Gasteiger partial charge in [-0.2, -0.15) is 0 Å². The molecule has 1 amide bonds. The summed E-state index contributed by atoms with van der Waals surface area (Å²) in [6, 6.07) is 19.1. The van der Waals surface area contributed by atoms with Crippen molar-refractivity contribution >= 4 is 38.9 Å². The van der Waals surface area contributed by atoms with E-state index < -0.39 is 21.3 Å². The predicted octanol–water partition coefficient (Wildman–Crippen LogP) is 5.42. The molecule has 0 spiro atoms. The van der Waals surface area contributed by atoms with Gasteiger partial charge in [-0.15, -0.1) is 0 Å². The Hall–Kier alpha value is -3.17. The summed E-state index contributed by atoms with van der Waals surface area (Å²) in [6.07, 6.45) is 2.72. The SMILES string of the molecule is CC(C)(CO)NC(=O)c1cn(-c2ccc(-c3cccc(S(C)(=O)=O)c3)cc2Cl)c(-c2ccccc2Cl)n1. The van der Waals surface area contributed by atoms with Crippen LogP contribution in [0.2, 0.25) is 10.0 Å².